The second-order valence-electron chi connectivity index (χ2n) is 4.01. The predicted molar refractivity (Wildman–Crippen MR) is 73.7 cm³/mol. The molecule has 2 heterocycles. The Morgan fingerprint density at radius 2 is 1.89 bits per heavy atom. The molecule has 18 heavy (non-hydrogen) atoms. The van der Waals surface area contributed by atoms with E-state index in [0.717, 1.165) is 11.2 Å². The van der Waals surface area contributed by atoms with Crippen molar-refractivity contribution in [3.63, 3.8) is 0 Å². The summed E-state index contributed by atoms with van der Waals surface area (Å²) >= 11 is 6.16. The maximum Gasteiger partial charge on any atom is 0.212 e. The van der Waals surface area contributed by atoms with Crippen molar-refractivity contribution >= 4 is 36.1 Å². The summed E-state index contributed by atoms with van der Waals surface area (Å²) in [5, 5.41) is 9.82. The Balaban J connectivity index is 2.38. The lowest BCUT2D eigenvalue weighted by molar-refractivity contribution is 0.455. The molecule has 0 aliphatic rings. The molecular formula is C12H9BClN3O. The monoisotopic (exact) mass is 257 g/mol. The van der Waals surface area contributed by atoms with E-state index in [9.17, 15) is 5.11 Å². The van der Waals surface area contributed by atoms with E-state index >= 15 is 0 Å². The van der Waals surface area contributed by atoms with E-state index in [0.29, 0.717) is 16.4 Å². The Morgan fingerprint density at radius 1 is 1.11 bits per heavy atom. The third kappa shape index (κ3) is 1.64. The Kier molecular flexibility index (Phi) is 2.49. The number of aromatic nitrogens is 3. The number of halogens is 1. The van der Waals surface area contributed by atoms with Crippen LogP contribution in [0.25, 0.3) is 16.9 Å². The zero-order valence-corrected chi connectivity index (χ0v) is 10.4. The molecule has 6 heteroatoms. The molecule has 0 unspecified atom stereocenters. The maximum atomic E-state index is 9.48. The van der Waals surface area contributed by atoms with Crippen LogP contribution in [0.5, 0.6) is 5.88 Å². The number of pyridine rings is 1. The zero-order chi connectivity index (χ0) is 12.7. The molecule has 0 spiro atoms. The minimum absolute atomic E-state index is 0.0473. The van der Waals surface area contributed by atoms with Crippen molar-refractivity contribution in [3.05, 3.63) is 41.7 Å². The largest absolute Gasteiger partial charge is 0.493 e. The molecule has 0 aliphatic carbocycles. The topological polar surface area (TPSA) is 50.9 Å². The summed E-state index contributed by atoms with van der Waals surface area (Å²) in [4.78, 5) is 8.31. The van der Waals surface area contributed by atoms with Crippen LogP contribution in [-0.4, -0.2) is 27.5 Å². The van der Waals surface area contributed by atoms with Gasteiger partial charge in [0.1, 0.15) is 13.4 Å². The molecule has 1 aromatic carbocycles. The van der Waals surface area contributed by atoms with Gasteiger partial charge >= 0.3 is 0 Å². The van der Waals surface area contributed by atoms with Crippen LogP contribution in [0.1, 0.15) is 0 Å². The van der Waals surface area contributed by atoms with Crippen LogP contribution in [0.15, 0.2) is 36.4 Å². The lowest BCUT2D eigenvalue weighted by Crippen LogP contribution is -2.12. The first-order valence-electron chi connectivity index (χ1n) is 5.47. The molecular weight excluding hydrogens is 248 g/mol. The molecule has 4 nitrogen and oxygen atoms in total. The highest BCUT2D eigenvalue weighted by atomic mass is 35.5. The van der Waals surface area contributed by atoms with Crippen molar-refractivity contribution in [2.45, 2.75) is 0 Å². The molecule has 0 saturated heterocycles. The van der Waals surface area contributed by atoms with E-state index in [1.807, 2.05) is 32.1 Å². The first-order valence-corrected chi connectivity index (χ1v) is 5.84. The molecule has 0 amide bonds. The number of rotatable bonds is 1. The molecule has 3 aromatic rings. The SMILES string of the molecule is Bc1ccccc1-n1c(Cl)nc2ccc(O)nc21. The van der Waals surface area contributed by atoms with Gasteiger partial charge in [-0.3, -0.25) is 4.57 Å². The summed E-state index contributed by atoms with van der Waals surface area (Å²) in [5.74, 6) is -0.0473. The van der Waals surface area contributed by atoms with Gasteiger partial charge in [-0.1, -0.05) is 23.7 Å². The summed E-state index contributed by atoms with van der Waals surface area (Å²) in [6, 6.07) is 11.0. The van der Waals surface area contributed by atoms with Crippen LogP contribution in [0.3, 0.4) is 0 Å². The van der Waals surface area contributed by atoms with Gasteiger partial charge in [0.05, 0.1) is 0 Å². The Bertz CT molecular complexity index is 741. The molecule has 0 atom stereocenters. The zero-order valence-electron chi connectivity index (χ0n) is 9.63. The summed E-state index contributed by atoms with van der Waals surface area (Å²) < 4.78 is 1.73. The van der Waals surface area contributed by atoms with Crippen LogP contribution in [0, 0.1) is 0 Å². The van der Waals surface area contributed by atoms with E-state index < -0.39 is 0 Å². The Hall–Kier alpha value is -2.01. The Labute approximate surface area is 109 Å². The molecule has 0 saturated carbocycles. The minimum Gasteiger partial charge on any atom is -0.493 e. The van der Waals surface area contributed by atoms with Gasteiger partial charge in [0, 0.05) is 11.8 Å². The highest BCUT2D eigenvalue weighted by Crippen LogP contribution is 2.23. The number of benzene rings is 1. The average molecular weight is 257 g/mol. The fourth-order valence-electron chi connectivity index (χ4n) is 1.95. The molecule has 0 radical (unpaired) electrons. The van der Waals surface area contributed by atoms with Crippen LogP contribution in [0.4, 0.5) is 0 Å². The second-order valence-corrected chi connectivity index (χ2v) is 4.35. The number of hydrogen-bond donors (Lipinski definition) is 1. The van der Waals surface area contributed by atoms with Crippen LogP contribution in [0.2, 0.25) is 5.28 Å². The van der Waals surface area contributed by atoms with Gasteiger partial charge in [0.15, 0.2) is 5.65 Å². The molecule has 0 aliphatic heterocycles. The first-order chi connectivity index (χ1) is 8.66. The number of fused-ring (bicyclic) bond motifs is 1. The van der Waals surface area contributed by atoms with Crippen molar-refractivity contribution in [3.8, 4) is 11.6 Å². The average Bonchev–Trinajstić information content (AvgIpc) is 2.66. The maximum absolute atomic E-state index is 9.48. The van der Waals surface area contributed by atoms with Crippen molar-refractivity contribution in [1.29, 1.82) is 0 Å². The van der Waals surface area contributed by atoms with Crippen molar-refractivity contribution in [1.82, 2.24) is 14.5 Å². The summed E-state index contributed by atoms with van der Waals surface area (Å²) in [5.41, 5.74) is 3.17. The van der Waals surface area contributed by atoms with Gasteiger partial charge in [-0.05, 0) is 23.7 Å². The van der Waals surface area contributed by atoms with Gasteiger partial charge in [-0.25, -0.2) is 4.98 Å². The van der Waals surface area contributed by atoms with Gasteiger partial charge in [-0.2, -0.15) is 4.98 Å². The number of aromatic hydroxyl groups is 1. The van der Waals surface area contributed by atoms with Gasteiger partial charge in [0.2, 0.25) is 11.2 Å². The standard InChI is InChI=1S/C12H9BClN3O/c13-7-3-1-2-4-9(7)17-11-8(15-12(17)14)5-6-10(18)16-11/h1-6H,13H2,(H,16,18). The smallest absolute Gasteiger partial charge is 0.212 e. The summed E-state index contributed by atoms with van der Waals surface area (Å²) in [6.07, 6.45) is 0. The van der Waals surface area contributed by atoms with E-state index in [4.69, 9.17) is 11.6 Å². The lowest BCUT2D eigenvalue weighted by Gasteiger charge is -2.08. The fourth-order valence-corrected chi connectivity index (χ4v) is 2.21. The number of imidazole rings is 1. The van der Waals surface area contributed by atoms with Crippen LogP contribution < -0.4 is 5.46 Å². The lowest BCUT2D eigenvalue weighted by atomic mass is 9.94. The third-order valence-corrected chi connectivity index (χ3v) is 3.06. The van der Waals surface area contributed by atoms with Crippen molar-refractivity contribution < 1.29 is 5.11 Å². The van der Waals surface area contributed by atoms with E-state index in [1.54, 1.807) is 10.6 Å². The van der Waals surface area contributed by atoms with E-state index in [2.05, 4.69) is 9.97 Å². The van der Waals surface area contributed by atoms with Gasteiger partial charge in [0.25, 0.3) is 0 Å². The Morgan fingerprint density at radius 3 is 2.67 bits per heavy atom. The summed E-state index contributed by atoms with van der Waals surface area (Å²) in [6.45, 7) is 0. The number of para-hydroxylation sites is 1. The van der Waals surface area contributed by atoms with Gasteiger partial charge in [-0.15, -0.1) is 0 Å². The quantitative estimate of drug-likeness (QED) is 0.663. The summed E-state index contributed by atoms with van der Waals surface area (Å²) in [7, 11) is 1.99. The molecule has 2 aromatic heterocycles. The van der Waals surface area contributed by atoms with Crippen LogP contribution >= 0.6 is 11.6 Å². The van der Waals surface area contributed by atoms with Gasteiger partial charge < -0.3 is 5.11 Å². The molecule has 0 fully saturated rings. The highest BCUT2D eigenvalue weighted by molar-refractivity contribution is 6.35. The first kappa shape index (κ1) is 11.1. The van der Waals surface area contributed by atoms with E-state index in [1.165, 1.54) is 6.07 Å². The molecule has 0 bridgehead atoms. The molecule has 1 N–H and O–H groups in total. The van der Waals surface area contributed by atoms with E-state index in [-0.39, 0.29) is 5.88 Å². The molecule has 88 valence electrons. The number of nitrogens with zero attached hydrogens (tertiary/aromatic N) is 3. The molecule has 3 rings (SSSR count). The highest BCUT2D eigenvalue weighted by Gasteiger charge is 2.13. The van der Waals surface area contributed by atoms with Crippen molar-refractivity contribution in [2.75, 3.05) is 0 Å². The predicted octanol–water partition coefficient (Wildman–Crippen LogP) is 1.04. The second kappa shape index (κ2) is 4.03. The fraction of sp³-hybridized carbons (Fsp3) is 0. The van der Waals surface area contributed by atoms with Crippen molar-refractivity contribution in [2.24, 2.45) is 0 Å². The number of hydrogen-bond acceptors (Lipinski definition) is 3. The minimum atomic E-state index is -0.0473. The third-order valence-electron chi connectivity index (χ3n) is 2.81. The normalized spacial score (nSPS) is 10.9. The van der Waals surface area contributed by atoms with Crippen LogP contribution in [-0.2, 0) is 0 Å².